The van der Waals surface area contributed by atoms with E-state index >= 15 is 0 Å². The molecule has 4 N–H and O–H groups in total. The maximum Gasteiger partial charge on any atom is 0.326 e. The van der Waals surface area contributed by atoms with E-state index in [-0.39, 0.29) is 18.1 Å². The van der Waals surface area contributed by atoms with Crippen molar-refractivity contribution in [1.82, 2.24) is 5.32 Å². The second kappa shape index (κ2) is 7.45. The van der Waals surface area contributed by atoms with Crippen LogP contribution < -0.4 is 11.1 Å². The van der Waals surface area contributed by atoms with Gasteiger partial charge in [-0.15, -0.1) is 0 Å². The van der Waals surface area contributed by atoms with Crippen LogP contribution in [-0.4, -0.2) is 41.3 Å². The molecule has 0 aromatic carbocycles. The first-order valence-electron chi connectivity index (χ1n) is 6.45. The number of aliphatic carboxylic acids is 1. The van der Waals surface area contributed by atoms with Gasteiger partial charge in [-0.05, 0) is 33.1 Å². The fourth-order valence-corrected chi connectivity index (χ4v) is 1.39. The number of hydrogen-bond donors (Lipinski definition) is 3. The summed E-state index contributed by atoms with van der Waals surface area (Å²) in [5.41, 5.74) is 5.29. The summed E-state index contributed by atoms with van der Waals surface area (Å²) in [5.74, 6) is -1.38. The van der Waals surface area contributed by atoms with Crippen molar-refractivity contribution < 1.29 is 19.4 Å². The minimum Gasteiger partial charge on any atom is -0.480 e. The highest BCUT2D eigenvalue weighted by Gasteiger charge is 2.25. The lowest BCUT2D eigenvalue weighted by Gasteiger charge is -2.23. The number of nitrogens with two attached hydrogens (primary N) is 1. The van der Waals surface area contributed by atoms with Crippen LogP contribution in [0, 0.1) is 5.92 Å². The Bertz CT molecular complexity index is 310. The molecule has 0 radical (unpaired) electrons. The van der Waals surface area contributed by atoms with Crippen molar-refractivity contribution in [3.63, 3.8) is 0 Å². The molecule has 0 bridgehead atoms. The van der Waals surface area contributed by atoms with Crippen LogP contribution in [-0.2, 0) is 14.3 Å². The first kappa shape index (κ1) is 17.9. The van der Waals surface area contributed by atoms with Gasteiger partial charge in [-0.3, -0.25) is 4.79 Å². The lowest BCUT2D eigenvalue weighted by atomic mass is 10.0. The predicted octanol–water partition coefficient (Wildman–Crippen LogP) is 0.744. The molecule has 0 aromatic heterocycles. The van der Waals surface area contributed by atoms with Crippen LogP contribution in [0.15, 0.2) is 0 Å². The Morgan fingerprint density at radius 2 is 1.84 bits per heavy atom. The lowest BCUT2D eigenvalue weighted by molar-refractivity contribution is -0.143. The Morgan fingerprint density at radius 3 is 2.21 bits per heavy atom. The fourth-order valence-electron chi connectivity index (χ4n) is 1.39. The number of carboxylic acid groups (broad SMARTS) is 1. The third-order valence-corrected chi connectivity index (χ3v) is 2.35. The number of carbonyl (C=O) groups is 2. The molecule has 6 heteroatoms. The quantitative estimate of drug-likeness (QED) is 0.635. The SMILES string of the molecule is CC(C)C[C@H](NC(=O)[C@H](N)COC(C)(C)C)C(=O)O. The van der Waals surface area contributed by atoms with Crippen LogP contribution in [0.25, 0.3) is 0 Å². The van der Waals surface area contributed by atoms with Gasteiger partial charge < -0.3 is 20.9 Å². The van der Waals surface area contributed by atoms with Crippen LogP contribution in [0.2, 0.25) is 0 Å². The Balaban J connectivity index is 4.35. The van der Waals surface area contributed by atoms with Crippen LogP contribution >= 0.6 is 0 Å². The van der Waals surface area contributed by atoms with Crippen molar-refractivity contribution in [2.75, 3.05) is 6.61 Å². The number of rotatable bonds is 7. The van der Waals surface area contributed by atoms with E-state index in [1.165, 1.54) is 0 Å². The minimum absolute atomic E-state index is 0.0589. The van der Waals surface area contributed by atoms with E-state index in [1.807, 2.05) is 34.6 Å². The third kappa shape index (κ3) is 8.56. The standard InChI is InChI=1S/C13H26N2O4/c1-8(2)6-10(12(17)18)15-11(16)9(14)7-19-13(3,4)5/h8-10H,6-7,14H2,1-5H3,(H,15,16)(H,17,18)/t9-,10+/m1/s1. The van der Waals surface area contributed by atoms with Crippen LogP contribution in [0.3, 0.4) is 0 Å². The molecule has 2 atom stereocenters. The zero-order valence-electron chi connectivity index (χ0n) is 12.4. The fraction of sp³-hybridized carbons (Fsp3) is 0.846. The lowest BCUT2D eigenvalue weighted by Crippen LogP contribution is -2.51. The van der Waals surface area contributed by atoms with Crippen molar-refractivity contribution in [3.05, 3.63) is 0 Å². The second-order valence-electron chi connectivity index (χ2n) is 6.06. The summed E-state index contributed by atoms with van der Waals surface area (Å²) in [6.45, 7) is 9.42. The maximum atomic E-state index is 11.8. The zero-order valence-corrected chi connectivity index (χ0v) is 12.4. The molecule has 19 heavy (non-hydrogen) atoms. The van der Waals surface area contributed by atoms with Gasteiger partial charge in [0, 0.05) is 0 Å². The van der Waals surface area contributed by atoms with Gasteiger partial charge in [-0.2, -0.15) is 0 Å². The number of ether oxygens (including phenoxy) is 1. The van der Waals surface area contributed by atoms with E-state index in [1.54, 1.807) is 0 Å². The molecule has 0 aliphatic carbocycles. The van der Waals surface area contributed by atoms with Crippen molar-refractivity contribution in [1.29, 1.82) is 0 Å². The number of nitrogens with one attached hydrogen (secondary N) is 1. The van der Waals surface area contributed by atoms with Crippen LogP contribution in [0.1, 0.15) is 41.0 Å². The van der Waals surface area contributed by atoms with Gasteiger partial charge in [0.2, 0.25) is 5.91 Å². The van der Waals surface area contributed by atoms with Gasteiger partial charge in [0.25, 0.3) is 0 Å². The molecule has 0 fully saturated rings. The first-order valence-corrected chi connectivity index (χ1v) is 6.45. The highest BCUT2D eigenvalue weighted by molar-refractivity contribution is 5.86. The Morgan fingerprint density at radius 1 is 1.32 bits per heavy atom. The Kier molecular flexibility index (Phi) is 7.00. The molecule has 0 spiro atoms. The molecular weight excluding hydrogens is 248 g/mol. The number of amides is 1. The summed E-state index contributed by atoms with van der Waals surface area (Å²) in [6, 6.07) is -1.78. The van der Waals surface area contributed by atoms with E-state index in [0.29, 0.717) is 6.42 Å². The van der Waals surface area contributed by atoms with E-state index in [9.17, 15) is 9.59 Å². The summed E-state index contributed by atoms with van der Waals surface area (Å²) in [6.07, 6.45) is 0.369. The molecule has 0 heterocycles. The largest absolute Gasteiger partial charge is 0.480 e. The number of carboxylic acids is 1. The van der Waals surface area contributed by atoms with Crippen LogP contribution in [0.5, 0.6) is 0 Å². The van der Waals surface area contributed by atoms with Crippen molar-refractivity contribution in [2.45, 2.75) is 58.7 Å². The monoisotopic (exact) mass is 274 g/mol. The summed E-state index contributed by atoms with van der Waals surface area (Å²) >= 11 is 0. The molecule has 0 unspecified atom stereocenters. The minimum atomic E-state index is -1.05. The Labute approximate surface area is 114 Å². The first-order chi connectivity index (χ1) is 8.53. The van der Waals surface area contributed by atoms with E-state index in [2.05, 4.69) is 5.32 Å². The third-order valence-electron chi connectivity index (χ3n) is 2.35. The molecule has 6 nitrogen and oxygen atoms in total. The molecule has 0 aliphatic rings. The molecule has 1 amide bonds. The molecule has 0 aliphatic heterocycles. The predicted molar refractivity (Wildman–Crippen MR) is 72.7 cm³/mol. The average molecular weight is 274 g/mol. The summed E-state index contributed by atoms with van der Waals surface area (Å²) in [7, 11) is 0. The van der Waals surface area contributed by atoms with Gasteiger partial charge in [-0.1, -0.05) is 13.8 Å². The van der Waals surface area contributed by atoms with Crippen LogP contribution in [0.4, 0.5) is 0 Å². The molecule has 0 saturated heterocycles. The van der Waals surface area contributed by atoms with Gasteiger partial charge >= 0.3 is 5.97 Å². The van der Waals surface area contributed by atoms with Crippen molar-refractivity contribution >= 4 is 11.9 Å². The molecular formula is C13H26N2O4. The maximum absolute atomic E-state index is 11.8. The molecule has 0 saturated carbocycles. The average Bonchev–Trinajstić information content (AvgIpc) is 2.22. The highest BCUT2D eigenvalue weighted by atomic mass is 16.5. The number of hydrogen-bond acceptors (Lipinski definition) is 4. The van der Waals surface area contributed by atoms with E-state index in [0.717, 1.165) is 0 Å². The zero-order chi connectivity index (χ0) is 15.2. The van der Waals surface area contributed by atoms with E-state index in [4.69, 9.17) is 15.6 Å². The number of carbonyl (C=O) groups excluding carboxylic acids is 1. The topological polar surface area (TPSA) is 102 Å². The smallest absolute Gasteiger partial charge is 0.326 e. The van der Waals surface area contributed by atoms with Gasteiger partial charge in [-0.25, -0.2) is 4.79 Å². The molecule has 0 rings (SSSR count). The van der Waals surface area contributed by atoms with Gasteiger partial charge in [0.1, 0.15) is 12.1 Å². The Hall–Kier alpha value is -1.14. The normalized spacial score (nSPS) is 15.1. The van der Waals surface area contributed by atoms with Crippen molar-refractivity contribution in [2.24, 2.45) is 11.7 Å². The summed E-state index contributed by atoms with van der Waals surface area (Å²) in [4.78, 5) is 22.8. The summed E-state index contributed by atoms with van der Waals surface area (Å²) in [5, 5.41) is 11.5. The molecule has 112 valence electrons. The van der Waals surface area contributed by atoms with Gasteiger partial charge in [0.05, 0.1) is 12.2 Å². The summed E-state index contributed by atoms with van der Waals surface area (Å²) < 4.78 is 5.40. The highest BCUT2D eigenvalue weighted by Crippen LogP contribution is 2.08. The molecule has 0 aromatic rings. The van der Waals surface area contributed by atoms with Gasteiger partial charge in [0.15, 0.2) is 0 Å². The van der Waals surface area contributed by atoms with E-state index < -0.39 is 24.0 Å². The van der Waals surface area contributed by atoms with Crippen molar-refractivity contribution in [3.8, 4) is 0 Å². The second-order valence-corrected chi connectivity index (χ2v) is 6.06.